The maximum atomic E-state index is 12.2. The predicted molar refractivity (Wildman–Crippen MR) is 103 cm³/mol. The number of nitrogens with zero attached hydrogens (tertiary/aromatic N) is 3. The first kappa shape index (κ1) is 17.5. The summed E-state index contributed by atoms with van der Waals surface area (Å²) in [7, 11) is 0. The second-order valence-electron chi connectivity index (χ2n) is 5.39. The third-order valence-electron chi connectivity index (χ3n) is 3.61. The summed E-state index contributed by atoms with van der Waals surface area (Å²) in [6.07, 6.45) is 4.76. The number of nitro benzene ring substituents is 1. The molecule has 0 spiro atoms. The molecular weight excluding hydrogens is 350 g/mol. The first-order chi connectivity index (χ1) is 12.6. The van der Waals surface area contributed by atoms with Crippen LogP contribution in [0.3, 0.4) is 0 Å². The highest BCUT2D eigenvalue weighted by molar-refractivity contribution is 7.16. The summed E-state index contributed by atoms with van der Waals surface area (Å²) >= 11 is 1.31. The number of amides is 1. The second kappa shape index (κ2) is 7.71. The maximum absolute atomic E-state index is 12.2. The van der Waals surface area contributed by atoms with Crippen LogP contribution in [0.15, 0.2) is 72.3 Å². The topological polar surface area (TPSA) is 77.5 Å². The van der Waals surface area contributed by atoms with Crippen molar-refractivity contribution in [3.63, 3.8) is 0 Å². The summed E-state index contributed by atoms with van der Waals surface area (Å²) in [4.78, 5) is 27.4. The molecule has 0 unspecified atom stereocenters. The van der Waals surface area contributed by atoms with E-state index in [9.17, 15) is 14.9 Å². The smallest absolute Gasteiger partial charge is 0.272 e. The molecule has 26 heavy (non-hydrogen) atoms. The molecule has 0 radical (unpaired) electrons. The van der Waals surface area contributed by atoms with Gasteiger partial charge in [-0.2, -0.15) is 4.99 Å². The number of hydrogen-bond donors (Lipinski definition) is 0. The third kappa shape index (κ3) is 3.84. The Bertz CT molecular complexity index is 1080. The van der Waals surface area contributed by atoms with Gasteiger partial charge in [-0.15, -0.1) is 6.58 Å². The third-order valence-corrected chi connectivity index (χ3v) is 4.67. The number of aromatic nitrogens is 1. The number of hydrogen-bond acceptors (Lipinski definition) is 4. The lowest BCUT2D eigenvalue weighted by Gasteiger charge is -2.00. The van der Waals surface area contributed by atoms with Crippen LogP contribution in [0.4, 0.5) is 5.69 Å². The van der Waals surface area contributed by atoms with Crippen LogP contribution in [0.2, 0.25) is 0 Å². The Kier molecular flexibility index (Phi) is 5.19. The quantitative estimate of drug-likeness (QED) is 0.297. The van der Waals surface area contributed by atoms with E-state index in [1.807, 2.05) is 30.3 Å². The molecule has 0 saturated carbocycles. The highest BCUT2D eigenvalue weighted by atomic mass is 32.1. The first-order valence-electron chi connectivity index (χ1n) is 7.79. The molecule has 130 valence electrons. The van der Waals surface area contributed by atoms with E-state index in [1.165, 1.54) is 29.5 Å². The van der Waals surface area contributed by atoms with Gasteiger partial charge in [0.2, 0.25) is 0 Å². The van der Waals surface area contributed by atoms with Crippen LogP contribution in [-0.2, 0) is 11.3 Å². The molecule has 0 fully saturated rings. The number of allylic oxidation sites excluding steroid dienone is 1. The van der Waals surface area contributed by atoms with Crippen LogP contribution in [0.5, 0.6) is 0 Å². The summed E-state index contributed by atoms with van der Waals surface area (Å²) in [6.45, 7) is 4.10. The fourth-order valence-electron chi connectivity index (χ4n) is 2.42. The number of fused-ring (bicyclic) bond motifs is 1. The van der Waals surface area contributed by atoms with Gasteiger partial charge in [0, 0.05) is 24.8 Å². The van der Waals surface area contributed by atoms with Crippen LogP contribution in [0, 0.1) is 10.1 Å². The Morgan fingerprint density at radius 1 is 1.27 bits per heavy atom. The molecule has 1 amide bonds. The van der Waals surface area contributed by atoms with Gasteiger partial charge in [0.15, 0.2) is 4.80 Å². The van der Waals surface area contributed by atoms with Crippen molar-refractivity contribution in [3.05, 3.63) is 87.7 Å². The molecule has 2 aromatic carbocycles. The summed E-state index contributed by atoms with van der Waals surface area (Å²) in [5.74, 6) is -0.396. The van der Waals surface area contributed by atoms with Crippen molar-refractivity contribution in [2.75, 3.05) is 0 Å². The largest absolute Gasteiger partial charge is 0.312 e. The van der Waals surface area contributed by atoms with Gasteiger partial charge >= 0.3 is 0 Å². The van der Waals surface area contributed by atoms with Crippen LogP contribution in [-0.4, -0.2) is 15.4 Å². The van der Waals surface area contributed by atoms with Gasteiger partial charge in [-0.05, 0) is 17.7 Å². The molecule has 1 aromatic heterocycles. The van der Waals surface area contributed by atoms with Gasteiger partial charge < -0.3 is 4.57 Å². The molecule has 0 saturated heterocycles. The van der Waals surface area contributed by atoms with Crippen molar-refractivity contribution in [3.8, 4) is 0 Å². The number of carbonyl (C=O) groups is 1. The molecule has 1 heterocycles. The number of non-ortho nitro benzene ring substituents is 1. The molecule has 0 aliphatic rings. The zero-order valence-corrected chi connectivity index (χ0v) is 14.6. The van der Waals surface area contributed by atoms with Crippen molar-refractivity contribution in [1.82, 2.24) is 4.57 Å². The summed E-state index contributed by atoms with van der Waals surface area (Å²) < 4.78 is 2.56. The first-order valence-corrected chi connectivity index (χ1v) is 8.60. The Morgan fingerprint density at radius 3 is 2.73 bits per heavy atom. The van der Waals surface area contributed by atoms with E-state index in [1.54, 1.807) is 22.8 Å². The molecule has 3 aromatic rings. The van der Waals surface area contributed by atoms with Crippen LogP contribution in [0.25, 0.3) is 16.3 Å². The number of rotatable bonds is 5. The van der Waals surface area contributed by atoms with Crippen LogP contribution < -0.4 is 4.80 Å². The van der Waals surface area contributed by atoms with E-state index >= 15 is 0 Å². The van der Waals surface area contributed by atoms with E-state index in [0.29, 0.717) is 16.9 Å². The fourth-order valence-corrected chi connectivity index (χ4v) is 3.45. The molecule has 0 bridgehead atoms. The molecule has 0 aliphatic heterocycles. The molecule has 6 nitrogen and oxygen atoms in total. The minimum absolute atomic E-state index is 0.00466. The van der Waals surface area contributed by atoms with E-state index in [4.69, 9.17) is 0 Å². The monoisotopic (exact) mass is 365 g/mol. The Morgan fingerprint density at radius 2 is 2.04 bits per heavy atom. The average molecular weight is 365 g/mol. The van der Waals surface area contributed by atoms with Crippen molar-refractivity contribution in [2.45, 2.75) is 6.54 Å². The Hall–Kier alpha value is -3.32. The molecule has 3 rings (SSSR count). The zero-order valence-electron chi connectivity index (χ0n) is 13.7. The van der Waals surface area contributed by atoms with E-state index in [2.05, 4.69) is 11.6 Å². The van der Waals surface area contributed by atoms with Crippen molar-refractivity contribution in [2.24, 2.45) is 4.99 Å². The van der Waals surface area contributed by atoms with E-state index in [-0.39, 0.29) is 5.69 Å². The summed E-state index contributed by atoms with van der Waals surface area (Å²) in [5.41, 5.74) is 1.56. The highest BCUT2D eigenvalue weighted by Gasteiger charge is 2.12. The minimum Gasteiger partial charge on any atom is -0.312 e. The van der Waals surface area contributed by atoms with E-state index in [0.717, 1.165) is 10.3 Å². The minimum atomic E-state index is -0.445. The maximum Gasteiger partial charge on any atom is 0.272 e. The lowest BCUT2D eigenvalue weighted by Crippen LogP contribution is -2.15. The van der Waals surface area contributed by atoms with Gasteiger partial charge in [-0.1, -0.05) is 47.7 Å². The molecule has 0 N–H and O–H groups in total. The Balaban J connectivity index is 2.02. The van der Waals surface area contributed by atoms with Gasteiger partial charge in [0.05, 0.1) is 15.1 Å². The number of nitro groups is 1. The molecular formula is C19H15N3O3S. The number of carbonyl (C=O) groups excluding carboxylic acids is 1. The lowest BCUT2D eigenvalue weighted by molar-refractivity contribution is -0.384. The van der Waals surface area contributed by atoms with Gasteiger partial charge in [0.1, 0.15) is 0 Å². The van der Waals surface area contributed by atoms with Crippen molar-refractivity contribution in [1.29, 1.82) is 0 Å². The normalized spacial score (nSPS) is 11.9. The van der Waals surface area contributed by atoms with Gasteiger partial charge in [-0.25, -0.2) is 0 Å². The molecule has 0 aliphatic carbocycles. The fraction of sp³-hybridized carbons (Fsp3) is 0.0526. The van der Waals surface area contributed by atoms with Crippen LogP contribution >= 0.6 is 11.3 Å². The van der Waals surface area contributed by atoms with Crippen molar-refractivity contribution >= 4 is 39.2 Å². The summed E-state index contributed by atoms with van der Waals surface area (Å²) in [5, 5.41) is 11.0. The second-order valence-corrected chi connectivity index (χ2v) is 6.40. The Labute approximate surface area is 153 Å². The highest BCUT2D eigenvalue weighted by Crippen LogP contribution is 2.23. The average Bonchev–Trinajstić information content (AvgIpc) is 2.97. The van der Waals surface area contributed by atoms with Crippen LogP contribution in [0.1, 0.15) is 5.56 Å². The van der Waals surface area contributed by atoms with Crippen molar-refractivity contribution < 1.29 is 9.72 Å². The molecule has 0 atom stereocenters. The zero-order chi connectivity index (χ0) is 18.5. The van der Waals surface area contributed by atoms with E-state index < -0.39 is 10.8 Å². The van der Waals surface area contributed by atoms with Gasteiger partial charge in [0.25, 0.3) is 11.6 Å². The SMILES string of the molecule is C=CCn1c(=NC(=O)/C=C/c2ccccc2)sc2ccc([N+](=O)[O-])cc21. The lowest BCUT2D eigenvalue weighted by atomic mass is 10.2. The summed E-state index contributed by atoms with van der Waals surface area (Å²) in [6, 6.07) is 14.0. The number of thiazole rings is 1. The predicted octanol–water partition coefficient (Wildman–Crippen LogP) is 3.94. The van der Waals surface area contributed by atoms with Gasteiger partial charge in [-0.3, -0.25) is 14.9 Å². The molecule has 7 heteroatoms. The number of benzene rings is 2. The standard InChI is InChI=1S/C19H15N3O3S/c1-2-12-21-16-13-15(22(24)25)9-10-17(16)26-19(21)20-18(23)11-8-14-6-4-3-5-7-14/h2-11,13H,1,12H2/b11-8+,20-19?.